The van der Waals surface area contributed by atoms with Crippen molar-refractivity contribution in [2.45, 2.75) is 31.6 Å². The third-order valence-electron chi connectivity index (χ3n) is 6.37. The second-order valence-electron chi connectivity index (χ2n) is 8.66. The number of ether oxygens (including phenoxy) is 1. The van der Waals surface area contributed by atoms with Crippen LogP contribution in [0.3, 0.4) is 0 Å². The monoisotopic (exact) mass is 504 g/mol. The van der Waals surface area contributed by atoms with Crippen molar-refractivity contribution in [3.63, 3.8) is 0 Å². The molecule has 4 heterocycles. The molecule has 12 heteroatoms. The molecule has 1 aliphatic rings. The van der Waals surface area contributed by atoms with E-state index in [4.69, 9.17) is 10.5 Å². The Morgan fingerprint density at radius 1 is 1.17 bits per heavy atom. The Morgan fingerprint density at radius 2 is 1.92 bits per heavy atom. The minimum atomic E-state index is -4.41. The van der Waals surface area contributed by atoms with E-state index in [-0.39, 0.29) is 30.9 Å². The van der Waals surface area contributed by atoms with Crippen LogP contribution in [0.4, 0.5) is 19.0 Å². The third-order valence-corrected chi connectivity index (χ3v) is 6.37. The lowest BCUT2D eigenvalue weighted by Gasteiger charge is -2.37. The number of fused-ring (bicyclic) bond motifs is 1. The molecule has 1 fully saturated rings. The van der Waals surface area contributed by atoms with Gasteiger partial charge < -0.3 is 24.8 Å². The summed E-state index contributed by atoms with van der Waals surface area (Å²) in [5.41, 5.74) is 5.33. The average molecular weight is 505 g/mol. The van der Waals surface area contributed by atoms with Gasteiger partial charge in [-0.15, -0.1) is 0 Å². The smallest absolute Gasteiger partial charge is 0.370 e. The Kier molecular flexibility index (Phi) is 7.43. The summed E-state index contributed by atoms with van der Waals surface area (Å²) in [4.78, 5) is 35.8. The highest BCUT2D eigenvalue weighted by Gasteiger charge is 2.31. The quantitative estimate of drug-likeness (QED) is 0.473. The lowest BCUT2D eigenvalue weighted by atomic mass is 10.0. The molecule has 1 aliphatic heterocycles. The molecule has 3 aromatic heterocycles. The number of aromatic nitrogens is 3. The summed E-state index contributed by atoms with van der Waals surface area (Å²) in [6.07, 6.45) is -0.385. The van der Waals surface area contributed by atoms with Crippen LogP contribution < -0.4 is 10.6 Å². The van der Waals surface area contributed by atoms with Crippen LogP contribution in [-0.2, 0) is 22.3 Å². The predicted molar refractivity (Wildman–Crippen MR) is 126 cm³/mol. The molecule has 0 aliphatic carbocycles. The standard InChI is InChI=1S/C24H27F3N6O3/c1-31(18-7-10-32(11-8-18)20-5-3-17(14-29-20)24(25,26)27)21(34)15-36-13-12-33-9-6-16-2-4-19(22(28)35)30-23(16)33/h2-6,9,14,18H,7-8,10-13,15H2,1H3,(H2,28,35). The second-order valence-corrected chi connectivity index (χ2v) is 8.66. The topological polar surface area (TPSA) is 107 Å². The Bertz CT molecular complexity index is 1220. The highest BCUT2D eigenvalue weighted by atomic mass is 19.4. The number of hydrogen-bond donors (Lipinski definition) is 1. The second kappa shape index (κ2) is 10.5. The number of likely N-dealkylation sites (N-methyl/N-ethyl adjacent to an activating group) is 1. The normalized spacial score (nSPS) is 14.8. The highest BCUT2D eigenvalue weighted by molar-refractivity contribution is 5.93. The van der Waals surface area contributed by atoms with Crippen molar-refractivity contribution in [3.8, 4) is 0 Å². The minimum absolute atomic E-state index is 0.0108. The number of rotatable bonds is 8. The van der Waals surface area contributed by atoms with Gasteiger partial charge in [-0.1, -0.05) is 0 Å². The maximum Gasteiger partial charge on any atom is 0.417 e. The molecule has 0 unspecified atom stereocenters. The third kappa shape index (κ3) is 5.76. The van der Waals surface area contributed by atoms with E-state index in [1.54, 1.807) is 24.1 Å². The van der Waals surface area contributed by atoms with Crippen LogP contribution in [0.25, 0.3) is 11.0 Å². The zero-order chi connectivity index (χ0) is 25.9. The van der Waals surface area contributed by atoms with Gasteiger partial charge in [0.25, 0.3) is 5.91 Å². The number of hydrogen-bond acceptors (Lipinski definition) is 6. The van der Waals surface area contributed by atoms with Crippen LogP contribution in [0.2, 0.25) is 0 Å². The Balaban J connectivity index is 1.22. The van der Waals surface area contributed by atoms with E-state index in [1.807, 2.05) is 21.7 Å². The lowest BCUT2D eigenvalue weighted by Crippen LogP contribution is -2.46. The molecule has 0 bridgehead atoms. The molecule has 0 saturated carbocycles. The molecule has 0 radical (unpaired) electrons. The number of primary amides is 1. The molecule has 1 saturated heterocycles. The zero-order valence-electron chi connectivity index (χ0n) is 19.7. The lowest BCUT2D eigenvalue weighted by molar-refractivity contribution is -0.138. The maximum atomic E-state index is 12.7. The maximum absolute atomic E-state index is 12.7. The first-order valence-corrected chi connectivity index (χ1v) is 11.5. The minimum Gasteiger partial charge on any atom is -0.370 e. The summed E-state index contributed by atoms with van der Waals surface area (Å²) in [5.74, 6) is -0.252. The molecule has 0 aromatic carbocycles. The fourth-order valence-electron chi connectivity index (χ4n) is 4.23. The van der Waals surface area contributed by atoms with Crippen LogP contribution in [-0.4, -0.2) is 70.6 Å². The van der Waals surface area contributed by atoms with Gasteiger partial charge in [-0.25, -0.2) is 9.97 Å². The van der Waals surface area contributed by atoms with E-state index in [9.17, 15) is 22.8 Å². The van der Waals surface area contributed by atoms with Gasteiger partial charge in [0.15, 0.2) is 0 Å². The fourth-order valence-corrected chi connectivity index (χ4v) is 4.23. The number of nitrogens with two attached hydrogens (primary N) is 1. The first-order chi connectivity index (χ1) is 17.1. The molecule has 9 nitrogen and oxygen atoms in total. The van der Waals surface area contributed by atoms with Gasteiger partial charge in [-0.3, -0.25) is 9.59 Å². The van der Waals surface area contributed by atoms with Crippen molar-refractivity contribution < 1.29 is 27.5 Å². The van der Waals surface area contributed by atoms with E-state index in [1.165, 1.54) is 6.07 Å². The molecule has 2 amide bonds. The van der Waals surface area contributed by atoms with Gasteiger partial charge >= 0.3 is 6.18 Å². The van der Waals surface area contributed by atoms with Crippen molar-refractivity contribution in [2.75, 3.05) is 38.3 Å². The van der Waals surface area contributed by atoms with Gasteiger partial charge in [0.2, 0.25) is 5.91 Å². The van der Waals surface area contributed by atoms with Crippen molar-refractivity contribution in [3.05, 3.63) is 54.0 Å². The fraction of sp³-hybridized carbons (Fsp3) is 0.417. The summed E-state index contributed by atoms with van der Waals surface area (Å²) in [5, 5.41) is 0.869. The Hall–Kier alpha value is -3.67. The number of alkyl halides is 3. The van der Waals surface area contributed by atoms with Gasteiger partial charge in [-0.2, -0.15) is 13.2 Å². The van der Waals surface area contributed by atoms with Crippen molar-refractivity contribution >= 4 is 28.7 Å². The van der Waals surface area contributed by atoms with Crippen LogP contribution in [0.1, 0.15) is 28.9 Å². The summed E-state index contributed by atoms with van der Waals surface area (Å²) < 4.78 is 45.7. The molecule has 36 heavy (non-hydrogen) atoms. The van der Waals surface area contributed by atoms with E-state index in [0.717, 1.165) is 17.6 Å². The highest BCUT2D eigenvalue weighted by Crippen LogP contribution is 2.30. The largest absolute Gasteiger partial charge is 0.417 e. The van der Waals surface area contributed by atoms with Crippen LogP contribution >= 0.6 is 0 Å². The van der Waals surface area contributed by atoms with Crippen LogP contribution in [0, 0.1) is 0 Å². The summed E-state index contributed by atoms with van der Waals surface area (Å²) in [6.45, 7) is 1.83. The molecule has 192 valence electrons. The van der Waals surface area contributed by atoms with E-state index in [0.29, 0.717) is 43.9 Å². The first-order valence-electron chi connectivity index (χ1n) is 11.5. The Morgan fingerprint density at radius 3 is 2.56 bits per heavy atom. The van der Waals surface area contributed by atoms with Gasteiger partial charge in [0.1, 0.15) is 23.8 Å². The Labute approximate surface area is 205 Å². The van der Waals surface area contributed by atoms with E-state index >= 15 is 0 Å². The summed E-state index contributed by atoms with van der Waals surface area (Å²) >= 11 is 0. The van der Waals surface area contributed by atoms with Crippen molar-refractivity contribution in [1.29, 1.82) is 0 Å². The van der Waals surface area contributed by atoms with Crippen LogP contribution in [0.5, 0.6) is 0 Å². The molecule has 4 rings (SSSR count). The van der Waals surface area contributed by atoms with E-state index < -0.39 is 17.6 Å². The molecule has 2 N–H and O–H groups in total. The van der Waals surface area contributed by atoms with Gasteiger partial charge in [0, 0.05) is 50.5 Å². The number of amides is 2. The zero-order valence-corrected chi connectivity index (χ0v) is 19.7. The predicted octanol–water partition coefficient (Wildman–Crippen LogP) is 2.69. The van der Waals surface area contributed by atoms with Gasteiger partial charge in [-0.05, 0) is 43.2 Å². The number of pyridine rings is 2. The summed E-state index contributed by atoms with van der Waals surface area (Å²) in [7, 11) is 1.73. The average Bonchev–Trinajstić information content (AvgIpc) is 3.28. The first kappa shape index (κ1) is 25.4. The molecular weight excluding hydrogens is 477 g/mol. The molecular formula is C24H27F3N6O3. The SMILES string of the molecule is CN(C(=O)COCCn1ccc2ccc(C(N)=O)nc21)C1CCN(c2ccc(C(F)(F)F)cn2)CC1. The van der Waals surface area contributed by atoms with Crippen molar-refractivity contribution in [2.24, 2.45) is 5.73 Å². The van der Waals surface area contributed by atoms with E-state index in [2.05, 4.69) is 9.97 Å². The number of nitrogens with zero attached hydrogens (tertiary/aromatic N) is 5. The number of carbonyl (C=O) groups excluding carboxylic acids is 2. The summed E-state index contributed by atoms with van der Waals surface area (Å²) in [6, 6.07) is 7.64. The number of anilines is 1. The molecule has 0 spiro atoms. The number of halogens is 3. The van der Waals surface area contributed by atoms with Crippen molar-refractivity contribution in [1.82, 2.24) is 19.4 Å². The molecule has 3 aromatic rings. The molecule has 0 atom stereocenters. The number of piperidine rings is 1. The van der Waals surface area contributed by atoms with Gasteiger partial charge in [0.05, 0.1) is 12.2 Å². The number of carbonyl (C=O) groups is 2. The van der Waals surface area contributed by atoms with Crippen LogP contribution in [0.15, 0.2) is 42.7 Å².